The van der Waals surface area contributed by atoms with Gasteiger partial charge in [0.2, 0.25) is 0 Å². The first kappa shape index (κ1) is 13.9. The maximum absolute atomic E-state index is 12.6. The van der Waals surface area contributed by atoms with Crippen LogP contribution in [-0.4, -0.2) is 40.2 Å². The van der Waals surface area contributed by atoms with Crippen LogP contribution in [0.1, 0.15) is 30.1 Å². The quantitative estimate of drug-likeness (QED) is 0.864. The summed E-state index contributed by atoms with van der Waals surface area (Å²) >= 11 is 1.50. The van der Waals surface area contributed by atoms with Gasteiger partial charge in [-0.25, -0.2) is 4.79 Å². The lowest BCUT2D eigenvalue weighted by Gasteiger charge is -2.31. The van der Waals surface area contributed by atoms with Gasteiger partial charge in [-0.1, -0.05) is 12.1 Å². The van der Waals surface area contributed by atoms with Crippen molar-refractivity contribution in [1.29, 1.82) is 0 Å². The van der Waals surface area contributed by atoms with Gasteiger partial charge in [-0.15, -0.1) is 11.8 Å². The van der Waals surface area contributed by atoms with Crippen molar-refractivity contribution in [2.24, 2.45) is 0 Å². The highest BCUT2D eigenvalue weighted by atomic mass is 32.2. The number of rotatable bonds is 3. The van der Waals surface area contributed by atoms with Gasteiger partial charge in [-0.3, -0.25) is 4.79 Å². The number of nitrogens with zero attached hydrogens (tertiary/aromatic N) is 1. The number of amides is 1. The number of carbonyl (C=O) groups excluding carboxylic acids is 1. The third kappa shape index (κ3) is 2.34. The second-order valence-electron chi connectivity index (χ2n) is 4.84. The van der Waals surface area contributed by atoms with E-state index in [-0.39, 0.29) is 5.91 Å². The van der Waals surface area contributed by atoms with Crippen LogP contribution >= 0.6 is 11.8 Å². The third-order valence-electron chi connectivity index (χ3n) is 3.68. The molecular weight excluding hydrogens is 262 g/mol. The second-order valence-corrected chi connectivity index (χ2v) is 5.69. The second kappa shape index (κ2) is 5.25. The minimum Gasteiger partial charge on any atom is -0.480 e. The van der Waals surface area contributed by atoms with Crippen LogP contribution in [0.25, 0.3) is 0 Å². The van der Waals surface area contributed by atoms with Crippen LogP contribution in [0.3, 0.4) is 0 Å². The Balaban J connectivity index is 2.36. The fourth-order valence-electron chi connectivity index (χ4n) is 2.48. The van der Waals surface area contributed by atoms with E-state index in [9.17, 15) is 14.7 Å². The number of likely N-dealkylation sites (tertiary alicyclic amines) is 1. The first-order valence-corrected chi connectivity index (χ1v) is 7.41. The van der Waals surface area contributed by atoms with E-state index in [1.54, 1.807) is 19.1 Å². The van der Waals surface area contributed by atoms with E-state index in [0.29, 0.717) is 18.5 Å². The minimum atomic E-state index is -1.08. The molecule has 1 aliphatic heterocycles. The van der Waals surface area contributed by atoms with E-state index < -0.39 is 11.5 Å². The summed E-state index contributed by atoms with van der Waals surface area (Å²) in [5.41, 5.74) is -0.493. The molecule has 0 radical (unpaired) electrons. The monoisotopic (exact) mass is 279 g/mol. The van der Waals surface area contributed by atoms with E-state index in [4.69, 9.17) is 0 Å². The van der Waals surface area contributed by atoms with Gasteiger partial charge in [0.25, 0.3) is 5.91 Å². The van der Waals surface area contributed by atoms with Crippen LogP contribution in [-0.2, 0) is 4.79 Å². The van der Waals surface area contributed by atoms with Crippen molar-refractivity contribution in [2.45, 2.75) is 30.2 Å². The standard InChI is InChI=1S/C14H17NO3S/c1-14(13(17)18)8-5-9-15(14)12(16)10-6-3-4-7-11(10)19-2/h3-4,6-7H,5,8-9H2,1-2H3,(H,17,18)/t14-/m0/s1. The Bertz CT molecular complexity index is 517. The van der Waals surface area contributed by atoms with Crippen LogP contribution in [0.2, 0.25) is 0 Å². The van der Waals surface area contributed by atoms with E-state index in [0.717, 1.165) is 11.3 Å². The largest absolute Gasteiger partial charge is 0.480 e. The molecule has 0 unspecified atom stereocenters. The van der Waals surface area contributed by atoms with Crippen molar-refractivity contribution in [3.63, 3.8) is 0 Å². The van der Waals surface area contributed by atoms with Gasteiger partial charge in [0.1, 0.15) is 5.54 Å². The number of carboxylic acid groups (broad SMARTS) is 1. The number of benzene rings is 1. The lowest BCUT2D eigenvalue weighted by molar-refractivity contribution is -0.147. The molecule has 1 fully saturated rings. The zero-order valence-corrected chi connectivity index (χ0v) is 11.9. The molecular formula is C14H17NO3S. The Labute approximate surface area is 116 Å². The number of hydrogen-bond donors (Lipinski definition) is 1. The number of thioether (sulfide) groups is 1. The molecule has 1 aromatic rings. The van der Waals surface area contributed by atoms with Crippen molar-refractivity contribution in [3.8, 4) is 0 Å². The molecule has 19 heavy (non-hydrogen) atoms. The van der Waals surface area contributed by atoms with Crippen molar-refractivity contribution in [3.05, 3.63) is 29.8 Å². The van der Waals surface area contributed by atoms with Crippen molar-refractivity contribution in [2.75, 3.05) is 12.8 Å². The summed E-state index contributed by atoms with van der Waals surface area (Å²) in [7, 11) is 0. The van der Waals surface area contributed by atoms with Crippen LogP contribution in [0, 0.1) is 0 Å². The molecule has 1 aliphatic rings. The van der Waals surface area contributed by atoms with E-state index in [2.05, 4.69) is 0 Å². The molecule has 1 saturated heterocycles. The molecule has 5 heteroatoms. The maximum atomic E-state index is 12.6. The molecule has 0 saturated carbocycles. The fourth-order valence-corrected chi connectivity index (χ4v) is 3.07. The highest BCUT2D eigenvalue weighted by Gasteiger charge is 2.46. The molecule has 2 rings (SSSR count). The Hall–Kier alpha value is -1.49. The molecule has 1 heterocycles. The van der Waals surface area contributed by atoms with Crippen LogP contribution in [0.15, 0.2) is 29.2 Å². The Morgan fingerprint density at radius 2 is 2.05 bits per heavy atom. The van der Waals surface area contributed by atoms with Gasteiger partial charge in [-0.05, 0) is 38.2 Å². The van der Waals surface area contributed by atoms with Crippen molar-refractivity contribution >= 4 is 23.6 Å². The summed E-state index contributed by atoms with van der Waals surface area (Å²) in [6.07, 6.45) is 3.15. The third-order valence-corrected chi connectivity index (χ3v) is 4.48. The summed E-state index contributed by atoms with van der Waals surface area (Å²) in [6.45, 7) is 2.13. The van der Waals surface area contributed by atoms with Crippen molar-refractivity contribution < 1.29 is 14.7 Å². The van der Waals surface area contributed by atoms with Gasteiger partial charge >= 0.3 is 5.97 Å². The topological polar surface area (TPSA) is 57.6 Å². The van der Waals surface area contributed by atoms with E-state index in [1.807, 2.05) is 18.4 Å². The molecule has 4 nitrogen and oxygen atoms in total. The molecule has 1 N–H and O–H groups in total. The average molecular weight is 279 g/mol. The fraction of sp³-hybridized carbons (Fsp3) is 0.429. The molecule has 1 amide bonds. The summed E-state index contributed by atoms with van der Waals surface area (Å²) in [4.78, 5) is 26.4. The van der Waals surface area contributed by atoms with E-state index >= 15 is 0 Å². The van der Waals surface area contributed by atoms with Crippen LogP contribution < -0.4 is 0 Å². The Morgan fingerprint density at radius 1 is 1.37 bits per heavy atom. The molecule has 1 atom stereocenters. The SMILES string of the molecule is CSc1ccccc1C(=O)N1CCC[C@@]1(C)C(=O)O. The zero-order valence-electron chi connectivity index (χ0n) is 11.0. The number of hydrogen-bond acceptors (Lipinski definition) is 3. The van der Waals surface area contributed by atoms with Crippen molar-refractivity contribution in [1.82, 2.24) is 4.90 Å². The predicted molar refractivity (Wildman–Crippen MR) is 74.5 cm³/mol. The molecule has 0 aromatic heterocycles. The van der Waals surface area contributed by atoms with Crippen LogP contribution in [0.5, 0.6) is 0 Å². The number of aliphatic carboxylic acids is 1. The summed E-state index contributed by atoms with van der Waals surface area (Å²) in [5.74, 6) is -1.12. The van der Waals surface area contributed by atoms with Gasteiger partial charge in [0.05, 0.1) is 5.56 Å². The minimum absolute atomic E-state index is 0.188. The Kier molecular flexibility index (Phi) is 3.85. The lowest BCUT2D eigenvalue weighted by atomic mass is 9.98. The van der Waals surface area contributed by atoms with Gasteiger partial charge < -0.3 is 10.0 Å². The van der Waals surface area contributed by atoms with E-state index in [1.165, 1.54) is 16.7 Å². The number of carbonyl (C=O) groups is 2. The molecule has 0 spiro atoms. The van der Waals surface area contributed by atoms with Gasteiger partial charge in [0, 0.05) is 11.4 Å². The summed E-state index contributed by atoms with van der Waals surface area (Å²) in [5, 5.41) is 9.37. The normalized spacial score (nSPS) is 22.5. The zero-order chi connectivity index (χ0) is 14.0. The van der Waals surface area contributed by atoms with Gasteiger partial charge in [-0.2, -0.15) is 0 Å². The lowest BCUT2D eigenvalue weighted by Crippen LogP contribution is -2.50. The maximum Gasteiger partial charge on any atom is 0.329 e. The average Bonchev–Trinajstić information content (AvgIpc) is 2.81. The highest BCUT2D eigenvalue weighted by Crippen LogP contribution is 2.32. The first-order chi connectivity index (χ1) is 9.00. The molecule has 0 aliphatic carbocycles. The summed E-state index contributed by atoms with van der Waals surface area (Å²) in [6, 6.07) is 7.32. The number of carboxylic acids is 1. The van der Waals surface area contributed by atoms with Crippen LogP contribution in [0.4, 0.5) is 0 Å². The smallest absolute Gasteiger partial charge is 0.329 e. The predicted octanol–water partition coefficient (Wildman–Crippen LogP) is 2.49. The molecule has 0 bridgehead atoms. The highest BCUT2D eigenvalue weighted by molar-refractivity contribution is 7.98. The van der Waals surface area contributed by atoms with Gasteiger partial charge in [0.15, 0.2) is 0 Å². The Morgan fingerprint density at radius 3 is 2.68 bits per heavy atom. The molecule has 1 aromatic carbocycles. The summed E-state index contributed by atoms with van der Waals surface area (Å²) < 4.78 is 0. The first-order valence-electron chi connectivity index (χ1n) is 6.19. The molecule has 102 valence electrons.